The van der Waals surface area contributed by atoms with Crippen LogP contribution in [-0.2, 0) is 6.42 Å². The van der Waals surface area contributed by atoms with Gasteiger partial charge in [0.25, 0.3) is 0 Å². The fourth-order valence-corrected chi connectivity index (χ4v) is 2.44. The SMILES string of the molecule is CCC(C)n1ccc(CC(O)c2cc(C)cc(C)c2)n1. The normalized spacial score (nSPS) is 14.2. The predicted octanol–water partition coefficient (Wildman–Crippen LogP) is 3.75. The van der Waals surface area contributed by atoms with Crippen molar-refractivity contribution in [2.75, 3.05) is 0 Å². The van der Waals surface area contributed by atoms with E-state index in [2.05, 4.69) is 38.9 Å². The summed E-state index contributed by atoms with van der Waals surface area (Å²) >= 11 is 0. The summed E-state index contributed by atoms with van der Waals surface area (Å²) in [5.74, 6) is 0. The van der Waals surface area contributed by atoms with E-state index < -0.39 is 6.10 Å². The van der Waals surface area contributed by atoms with Crippen LogP contribution in [0.5, 0.6) is 0 Å². The highest BCUT2D eigenvalue weighted by Crippen LogP contribution is 2.21. The quantitative estimate of drug-likeness (QED) is 0.900. The Kier molecular flexibility index (Phi) is 4.61. The first-order valence-electron chi connectivity index (χ1n) is 7.30. The Hall–Kier alpha value is -1.61. The maximum absolute atomic E-state index is 10.4. The molecule has 0 radical (unpaired) electrons. The van der Waals surface area contributed by atoms with Crippen LogP contribution < -0.4 is 0 Å². The van der Waals surface area contributed by atoms with Gasteiger partial charge in [-0.15, -0.1) is 0 Å². The zero-order valence-electron chi connectivity index (χ0n) is 12.8. The number of hydrogen-bond donors (Lipinski definition) is 1. The molecule has 3 heteroatoms. The predicted molar refractivity (Wildman–Crippen MR) is 81.8 cm³/mol. The molecule has 0 saturated heterocycles. The van der Waals surface area contributed by atoms with Gasteiger partial charge in [-0.1, -0.05) is 36.2 Å². The lowest BCUT2D eigenvalue weighted by Gasteiger charge is -2.12. The number of aliphatic hydroxyl groups is 1. The van der Waals surface area contributed by atoms with Crippen molar-refractivity contribution in [2.45, 2.75) is 52.7 Å². The van der Waals surface area contributed by atoms with Crippen molar-refractivity contribution in [1.82, 2.24) is 9.78 Å². The lowest BCUT2D eigenvalue weighted by Crippen LogP contribution is -2.07. The lowest BCUT2D eigenvalue weighted by molar-refractivity contribution is 0.176. The molecule has 2 unspecified atom stereocenters. The molecule has 1 aromatic carbocycles. The smallest absolute Gasteiger partial charge is 0.0846 e. The third kappa shape index (κ3) is 3.48. The molecule has 0 spiro atoms. The van der Waals surface area contributed by atoms with E-state index >= 15 is 0 Å². The average Bonchev–Trinajstić information content (AvgIpc) is 2.85. The van der Waals surface area contributed by atoms with Gasteiger partial charge in [-0.2, -0.15) is 5.10 Å². The summed E-state index contributed by atoms with van der Waals surface area (Å²) in [5.41, 5.74) is 4.28. The lowest BCUT2D eigenvalue weighted by atomic mass is 10.0. The number of aryl methyl sites for hydroxylation is 2. The molecule has 2 aromatic rings. The molecule has 3 nitrogen and oxygen atoms in total. The Bertz CT molecular complexity index is 554. The van der Waals surface area contributed by atoms with Crippen molar-refractivity contribution < 1.29 is 5.11 Å². The van der Waals surface area contributed by atoms with Gasteiger partial charge in [0.2, 0.25) is 0 Å². The van der Waals surface area contributed by atoms with Gasteiger partial charge in [-0.3, -0.25) is 4.68 Å². The molecule has 1 N–H and O–H groups in total. The molecular formula is C17H24N2O. The molecule has 20 heavy (non-hydrogen) atoms. The Balaban J connectivity index is 2.11. The summed E-state index contributed by atoms with van der Waals surface area (Å²) in [6.07, 6.45) is 3.12. The van der Waals surface area contributed by atoms with E-state index in [9.17, 15) is 5.11 Å². The van der Waals surface area contributed by atoms with Crippen LogP contribution in [0, 0.1) is 13.8 Å². The number of nitrogens with zero attached hydrogens (tertiary/aromatic N) is 2. The number of aromatic nitrogens is 2. The molecule has 0 amide bonds. The molecule has 0 fully saturated rings. The van der Waals surface area contributed by atoms with E-state index in [0.29, 0.717) is 12.5 Å². The highest BCUT2D eigenvalue weighted by atomic mass is 16.3. The van der Waals surface area contributed by atoms with Gasteiger partial charge in [0, 0.05) is 18.7 Å². The van der Waals surface area contributed by atoms with E-state index in [1.165, 1.54) is 11.1 Å². The molecule has 0 saturated carbocycles. The largest absolute Gasteiger partial charge is 0.388 e. The maximum Gasteiger partial charge on any atom is 0.0846 e. The molecule has 0 bridgehead atoms. The molecule has 1 aromatic heterocycles. The second kappa shape index (κ2) is 6.23. The summed E-state index contributed by atoms with van der Waals surface area (Å²) in [5, 5.41) is 14.9. The summed E-state index contributed by atoms with van der Waals surface area (Å²) < 4.78 is 1.98. The number of rotatable bonds is 5. The van der Waals surface area contributed by atoms with Gasteiger partial charge in [-0.25, -0.2) is 0 Å². The third-order valence-corrected chi connectivity index (χ3v) is 3.74. The van der Waals surface area contributed by atoms with E-state index in [1.54, 1.807) is 0 Å². The highest BCUT2D eigenvalue weighted by Gasteiger charge is 2.12. The number of hydrogen-bond acceptors (Lipinski definition) is 2. The van der Waals surface area contributed by atoms with Crippen LogP contribution in [0.3, 0.4) is 0 Å². The van der Waals surface area contributed by atoms with Crippen LogP contribution in [0.2, 0.25) is 0 Å². The molecule has 1 heterocycles. The minimum atomic E-state index is -0.492. The molecule has 2 rings (SSSR count). The minimum absolute atomic E-state index is 0.405. The second-order valence-electron chi connectivity index (χ2n) is 5.69. The first kappa shape index (κ1) is 14.8. The molecule has 0 aliphatic heterocycles. The summed E-state index contributed by atoms with van der Waals surface area (Å²) in [4.78, 5) is 0. The Morgan fingerprint density at radius 2 is 1.85 bits per heavy atom. The van der Waals surface area contributed by atoms with E-state index in [0.717, 1.165) is 17.7 Å². The third-order valence-electron chi connectivity index (χ3n) is 3.74. The van der Waals surface area contributed by atoms with Gasteiger partial charge >= 0.3 is 0 Å². The van der Waals surface area contributed by atoms with Crippen LogP contribution in [0.25, 0.3) is 0 Å². The zero-order chi connectivity index (χ0) is 14.7. The first-order chi connectivity index (χ1) is 9.49. The minimum Gasteiger partial charge on any atom is -0.388 e. The summed E-state index contributed by atoms with van der Waals surface area (Å²) in [6.45, 7) is 8.41. The van der Waals surface area contributed by atoms with Crippen LogP contribution in [-0.4, -0.2) is 14.9 Å². The van der Waals surface area contributed by atoms with Gasteiger partial charge in [0.1, 0.15) is 0 Å². The van der Waals surface area contributed by atoms with E-state index in [1.807, 2.05) is 29.1 Å². The fourth-order valence-electron chi connectivity index (χ4n) is 2.44. The summed E-state index contributed by atoms with van der Waals surface area (Å²) in [7, 11) is 0. The molecular weight excluding hydrogens is 248 g/mol. The van der Waals surface area contributed by atoms with Crippen molar-refractivity contribution in [1.29, 1.82) is 0 Å². The Morgan fingerprint density at radius 3 is 2.45 bits per heavy atom. The van der Waals surface area contributed by atoms with Gasteiger partial charge in [-0.05, 0) is 38.8 Å². The van der Waals surface area contributed by atoms with E-state index in [-0.39, 0.29) is 0 Å². The monoisotopic (exact) mass is 272 g/mol. The topological polar surface area (TPSA) is 38.0 Å². The molecule has 108 valence electrons. The average molecular weight is 272 g/mol. The van der Waals surface area contributed by atoms with Crippen LogP contribution in [0.15, 0.2) is 30.5 Å². The van der Waals surface area contributed by atoms with Crippen molar-refractivity contribution >= 4 is 0 Å². The van der Waals surface area contributed by atoms with Gasteiger partial charge in [0.05, 0.1) is 11.8 Å². The van der Waals surface area contributed by atoms with Crippen molar-refractivity contribution in [3.05, 3.63) is 52.8 Å². The van der Waals surface area contributed by atoms with Crippen LogP contribution in [0.4, 0.5) is 0 Å². The standard InChI is InChI=1S/C17H24N2O/c1-5-14(4)19-7-6-16(18-19)11-17(20)15-9-12(2)8-13(3)10-15/h6-10,14,17,20H,5,11H2,1-4H3. The van der Waals surface area contributed by atoms with Gasteiger partial charge in [0.15, 0.2) is 0 Å². The van der Waals surface area contributed by atoms with Crippen LogP contribution >= 0.6 is 0 Å². The van der Waals surface area contributed by atoms with Crippen molar-refractivity contribution in [2.24, 2.45) is 0 Å². The molecule has 0 aliphatic rings. The molecule has 0 aliphatic carbocycles. The van der Waals surface area contributed by atoms with Crippen LogP contribution in [0.1, 0.15) is 54.8 Å². The fraction of sp³-hybridized carbons (Fsp3) is 0.471. The number of benzene rings is 1. The number of aliphatic hydroxyl groups excluding tert-OH is 1. The highest BCUT2D eigenvalue weighted by molar-refractivity contribution is 5.30. The van der Waals surface area contributed by atoms with Crippen molar-refractivity contribution in [3.8, 4) is 0 Å². The Morgan fingerprint density at radius 1 is 1.20 bits per heavy atom. The Labute approximate surface area is 121 Å². The van der Waals surface area contributed by atoms with Gasteiger partial charge < -0.3 is 5.11 Å². The van der Waals surface area contributed by atoms with Crippen molar-refractivity contribution in [3.63, 3.8) is 0 Å². The zero-order valence-corrected chi connectivity index (χ0v) is 12.8. The second-order valence-corrected chi connectivity index (χ2v) is 5.69. The van der Waals surface area contributed by atoms with E-state index in [4.69, 9.17) is 0 Å². The summed E-state index contributed by atoms with van der Waals surface area (Å²) in [6, 6.07) is 8.61. The first-order valence-corrected chi connectivity index (χ1v) is 7.30. The maximum atomic E-state index is 10.4. The molecule has 2 atom stereocenters.